The highest BCUT2D eigenvalue weighted by atomic mass is 32.1. The lowest BCUT2D eigenvalue weighted by Crippen LogP contribution is -2.22. The van der Waals surface area contributed by atoms with Gasteiger partial charge in [0.1, 0.15) is 10.8 Å². The molecule has 2 aromatic rings. The molecule has 0 aliphatic carbocycles. The van der Waals surface area contributed by atoms with Crippen molar-refractivity contribution in [1.29, 1.82) is 0 Å². The minimum absolute atomic E-state index is 0.124. The molecule has 0 unspecified atom stereocenters. The summed E-state index contributed by atoms with van der Waals surface area (Å²) < 4.78 is 5.51. The first-order valence-electron chi connectivity index (χ1n) is 7.34. The Morgan fingerprint density at radius 3 is 2.57 bits per heavy atom. The summed E-state index contributed by atoms with van der Waals surface area (Å²) in [6, 6.07) is 7.47. The van der Waals surface area contributed by atoms with Crippen LogP contribution in [0.5, 0.6) is 5.75 Å². The Hall–Kier alpha value is -2.34. The smallest absolute Gasteiger partial charge is 0.262 e. The molecular weight excluding hydrogens is 312 g/mol. The monoisotopic (exact) mass is 332 g/mol. The molecule has 0 atom stereocenters. The van der Waals surface area contributed by atoms with Crippen LogP contribution in [0, 0.1) is 13.8 Å². The van der Waals surface area contributed by atoms with Crippen molar-refractivity contribution >= 4 is 28.2 Å². The van der Waals surface area contributed by atoms with Gasteiger partial charge in [-0.2, -0.15) is 0 Å². The third-order valence-corrected chi connectivity index (χ3v) is 4.58. The number of nitrogens with one attached hydrogen (secondary N) is 1. The molecule has 122 valence electrons. The van der Waals surface area contributed by atoms with Gasteiger partial charge in [0, 0.05) is 4.88 Å². The quantitative estimate of drug-likeness (QED) is 0.853. The van der Waals surface area contributed by atoms with Gasteiger partial charge in [0.2, 0.25) is 0 Å². The molecule has 1 aromatic heterocycles. The van der Waals surface area contributed by atoms with Gasteiger partial charge in [-0.3, -0.25) is 9.59 Å². The number of thiophene rings is 1. The molecule has 0 aliphatic rings. The van der Waals surface area contributed by atoms with Gasteiger partial charge in [0.25, 0.3) is 11.8 Å². The van der Waals surface area contributed by atoms with E-state index in [1.807, 2.05) is 45.0 Å². The molecule has 0 fully saturated rings. The van der Waals surface area contributed by atoms with E-state index in [1.54, 1.807) is 0 Å². The van der Waals surface area contributed by atoms with E-state index in [0.717, 1.165) is 16.0 Å². The fraction of sp³-hybridized carbons (Fsp3) is 0.294. The number of ether oxygens (including phenoxy) is 1. The van der Waals surface area contributed by atoms with Gasteiger partial charge in [-0.25, -0.2) is 0 Å². The molecule has 0 bridgehead atoms. The Morgan fingerprint density at radius 2 is 1.96 bits per heavy atom. The first-order valence-corrected chi connectivity index (χ1v) is 8.16. The van der Waals surface area contributed by atoms with Crippen LogP contribution in [0.2, 0.25) is 0 Å². The van der Waals surface area contributed by atoms with Crippen LogP contribution < -0.4 is 15.8 Å². The molecular formula is C17H20N2O3S. The summed E-state index contributed by atoms with van der Waals surface area (Å²) in [6.07, 6.45) is 0.691. The highest BCUT2D eigenvalue weighted by Crippen LogP contribution is 2.33. The first kappa shape index (κ1) is 17.0. The molecule has 0 spiro atoms. The third-order valence-electron chi connectivity index (χ3n) is 3.51. The fourth-order valence-corrected chi connectivity index (χ4v) is 3.54. The second kappa shape index (κ2) is 7.28. The topological polar surface area (TPSA) is 81.4 Å². The number of rotatable bonds is 6. The Kier molecular flexibility index (Phi) is 5.39. The summed E-state index contributed by atoms with van der Waals surface area (Å²) in [6.45, 7) is 5.65. The van der Waals surface area contributed by atoms with Crippen molar-refractivity contribution in [3.05, 3.63) is 45.8 Å². The lowest BCUT2D eigenvalue weighted by molar-refractivity contribution is -0.118. The average Bonchev–Trinajstić information content (AvgIpc) is 2.81. The van der Waals surface area contributed by atoms with Crippen molar-refractivity contribution in [2.45, 2.75) is 27.2 Å². The zero-order valence-corrected chi connectivity index (χ0v) is 14.3. The van der Waals surface area contributed by atoms with Crippen molar-refractivity contribution in [1.82, 2.24) is 0 Å². The number of amides is 2. The SMILES string of the molecule is CCc1c(C)sc(NC(=O)COc2ccccc2C)c1C(N)=O. The number of hydrogen-bond donors (Lipinski definition) is 2. The van der Waals surface area contributed by atoms with Crippen molar-refractivity contribution in [2.24, 2.45) is 5.73 Å². The maximum atomic E-state index is 12.1. The normalized spacial score (nSPS) is 10.4. The van der Waals surface area contributed by atoms with Crippen molar-refractivity contribution in [2.75, 3.05) is 11.9 Å². The lowest BCUT2D eigenvalue weighted by atomic mass is 10.1. The van der Waals surface area contributed by atoms with Gasteiger partial charge in [0.05, 0.1) is 5.56 Å². The summed E-state index contributed by atoms with van der Waals surface area (Å²) in [5.41, 5.74) is 7.70. The summed E-state index contributed by atoms with van der Waals surface area (Å²) in [5.74, 6) is -0.185. The van der Waals surface area contributed by atoms with Gasteiger partial charge >= 0.3 is 0 Å². The van der Waals surface area contributed by atoms with Crippen molar-refractivity contribution in [3.8, 4) is 5.75 Å². The predicted molar refractivity (Wildman–Crippen MR) is 92.3 cm³/mol. The lowest BCUT2D eigenvalue weighted by Gasteiger charge is -2.09. The number of para-hydroxylation sites is 1. The molecule has 0 saturated carbocycles. The van der Waals surface area contributed by atoms with E-state index in [0.29, 0.717) is 22.7 Å². The third kappa shape index (κ3) is 3.90. The first-order chi connectivity index (χ1) is 10.9. The predicted octanol–water partition coefficient (Wildman–Crippen LogP) is 3.04. The summed E-state index contributed by atoms with van der Waals surface area (Å²) in [5, 5.41) is 3.22. The van der Waals surface area contributed by atoms with Crippen LogP contribution in [0.15, 0.2) is 24.3 Å². The van der Waals surface area contributed by atoms with E-state index in [1.165, 1.54) is 11.3 Å². The molecule has 6 heteroatoms. The van der Waals surface area contributed by atoms with Crippen molar-refractivity contribution < 1.29 is 14.3 Å². The van der Waals surface area contributed by atoms with Gasteiger partial charge in [0.15, 0.2) is 6.61 Å². The van der Waals surface area contributed by atoms with Gasteiger partial charge < -0.3 is 15.8 Å². The zero-order valence-electron chi connectivity index (χ0n) is 13.4. The molecule has 0 saturated heterocycles. The molecule has 5 nitrogen and oxygen atoms in total. The van der Waals surface area contributed by atoms with Crippen molar-refractivity contribution in [3.63, 3.8) is 0 Å². The Bertz CT molecular complexity index is 737. The molecule has 2 amide bonds. The van der Waals surface area contributed by atoms with Crippen LogP contribution in [0.1, 0.15) is 33.3 Å². The van der Waals surface area contributed by atoms with Crippen LogP contribution in [0.3, 0.4) is 0 Å². The highest BCUT2D eigenvalue weighted by Gasteiger charge is 2.20. The molecule has 1 heterocycles. The summed E-state index contributed by atoms with van der Waals surface area (Å²) in [7, 11) is 0. The molecule has 2 rings (SSSR count). The minimum Gasteiger partial charge on any atom is -0.483 e. The van der Waals surface area contributed by atoms with Gasteiger partial charge in [-0.1, -0.05) is 25.1 Å². The zero-order chi connectivity index (χ0) is 17.0. The number of primary amides is 1. The number of aryl methyl sites for hydroxylation is 2. The molecule has 3 N–H and O–H groups in total. The number of hydrogen-bond acceptors (Lipinski definition) is 4. The summed E-state index contributed by atoms with van der Waals surface area (Å²) in [4.78, 5) is 24.7. The molecule has 23 heavy (non-hydrogen) atoms. The van der Waals surface area contributed by atoms with Crippen LogP contribution in [0.25, 0.3) is 0 Å². The van der Waals surface area contributed by atoms with E-state index in [-0.39, 0.29) is 12.5 Å². The van der Waals surface area contributed by atoms with Crippen LogP contribution in [-0.2, 0) is 11.2 Å². The fourth-order valence-electron chi connectivity index (χ4n) is 2.38. The van der Waals surface area contributed by atoms with E-state index in [9.17, 15) is 9.59 Å². The van der Waals surface area contributed by atoms with E-state index < -0.39 is 5.91 Å². The number of nitrogens with two attached hydrogens (primary N) is 1. The Labute approximate surface area is 139 Å². The Balaban J connectivity index is 2.09. The number of anilines is 1. The van der Waals surface area contributed by atoms with Gasteiger partial charge in [-0.05, 0) is 37.5 Å². The largest absolute Gasteiger partial charge is 0.483 e. The van der Waals surface area contributed by atoms with Crippen LogP contribution in [0.4, 0.5) is 5.00 Å². The second-order valence-electron chi connectivity index (χ2n) is 5.16. The summed E-state index contributed by atoms with van der Waals surface area (Å²) >= 11 is 1.36. The van der Waals surface area contributed by atoms with Crippen LogP contribution in [-0.4, -0.2) is 18.4 Å². The Morgan fingerprint density at radius 1 is 1.26 bits per heavy atom. The average molecular weight is 332 g/mol. The number of carbonyl (C=O) groups excluding carboxylic acids is 2. The molecule has 1 aromatic carbocycles. The standard InChI is InChI=1S/C17H20N2O3S/c1-4-12-11(3)23-17(15(12)16(18)21)19-14(20)9-22-13-8-6-5-7-10(13)2/h5-8H,4,9H2,1-3H3,(H2,18,21)(H,19,20). The minimum atomic E-state index is -0.527. The van der Waals surface area contributed by atoms with E-state index in [2.05, 4.69) is 5.32 Å². The second-order valence-corrected chi connectivity index (χ2v) is 6.39. The highest BCUT2D eigenvalue weighted by molar-refractivity contribution is 7.16. The number of carbonyl (C=O) groups is 2. The molecule has 0 aliphatic heterocycles. The maximum Gasteiger partial charge on any atom is 0.262 e. The maximum absolute atomic E-state index is 12.1. The van der Waals surface area contributed by atoms with E-state index >= 15 is 0 Å². The number of benzene rings is 1. The van der Waals surface area contributed by atoms with Crippen LogP contribution >= 0.6 is 11.3 Å². The molecule has 0 radical (unpaired) electrons. The van der Waals surface area contributed by atoms with E-state index in [4.69, 9.17) is 10.5 Å². The van der Waals surface area contributed by atoms with Gasteiger partial charge in [-0.15, -0.1) is 11.3 Å².